The lowest BCUT2D eigenvalue weighted by Crippen LogP contribution is -2.08. The number of aryl methyl sites for hydroxylation is 1. The second kappa shape index (κ2) is 5.25. The zero-order chi connectivity index (χ0) is 14.1. The summed E-state index contributed by atoms with van der Waals surface area (Å²) in [5.41, 5.74) is 10.3. The van der Waals surface area contributed by atoms with E-state index in [1.165, 1.54) is 5.56 Å². The van der Waals surface area contributed by atoms with E-state index in [9.17, 15) is 0 Å². The lowest BCUT2D eigenvalue weighted by molar-refractivity contribution is 0.793. The maximum Gasteiger partial charge on any atom is 0.201 e. The van der Waals surface area contributed by atoms with Crippen LogP contribution in [-0.4, -0.2) is 14.5 Å². The minimum atomic E-state index is 0.519. The fraction of sp³-hybridized carbons (Fsp3) is 0.200. The number of nitrogens with two attached hydrogens (primary N) is 1. The van der Waals surface area contributed by atoms with Crippen LogP contribution in [0.4, 0.5) is 5.95 Å². The molecule has 2 aromatic heterocycles. The molecule has 0 aliphatic carbocycles. The molecule has 2 heterocycles. The molecule has 3 rings (SSSR count). The van der Waals surface area contributed by atoms with E-state index in [0.29, 0.717) is 12.5 Å². The molecule has 0 amide bonds. The van der Waals surface area contributed by atoms with Gasteiger partial charge in [0.1, 0.15) is 0 Å². The van der Waals surface area contributed by atoms with Gasteiger partial charge in [0.2, 0.25) is 5.95 Å². The van der Waals surface area contributed by atoms with E-state index in [0.717, 1.165) is 27.6 Å². The van der Waals surface area contributed by atoms with Gasteiger partial charge in [-0.15, -0.1) is 0 Å². The summed E-state index contributed by atoms with van der Waals surface area (Å²) in [6.07, 6.45) is 2.78. The van der Waals surface area contributed by atoms with Crippen LogP contribution < -0.4 is 5.73 Å². The number of benzene rings is 1. The molecule has 0 atom stereocenters. The molecule has 0 unspecified atom stereocenters. The quantitative estimate of drug-likeness (QED) is 0.800. The van der Waals surface area contributed by atoms with Crippen LogP contribution in [0.1, 0.15) is 18.2 Å². The third-order valence-electron chi connectivity index (χ3n) is 3.41. The largest absolute Gasteiger partial charge is 0.369 e. The van der Waals surface area contributed by atoms with Crippen LogP contribution in [0.5, 0.6) is 0 Å². The molecule has 4 nitrogen and oxygen atoms in total. The second-order valence-electron chi connectivity index (χ2n) is 4.65. The van der Waals surface area contributed by atoms with Crippen LogP contribution in [0.15, 0.2) is 41.0 Å². The van der Waals surface area contributed by atoms with E-state index in [2.05, 4.69) is 38.9 Å². The van der Waals surface area contributed by atoms with E-state index in [1.807, 2.05) is 35.0 Å². The minimum Gasteiger partial charge on any atom is -0.369 e. The predicted molar refractivity (Wildman–Crippen MR) is 84.6 cm³/mol. The van der Waals surface area contributed by atoms with Gasteiger partial charge in [-0.1, -0.05) is 28.9 Å². The van der Waals surface area contributed by atoms with Crippen LogP contribution in [-0.2, 0) is 13.0 Å². The summed E-state index contributed by atoms with van der Waals surface area (Å²) in [6.45, 7) is 2.77. The van der Waals surface area contributed by atoms with E-state index in [4.69, 9.17) is 5.73 Å². The summed E-state index contributed by atoms with van der Waals surface area (Å²) < 4.78 is 3.02. The van der Waals surface area contributed by atoms with Crippen molar-refractivity contribution in [2.45, 2.75) is 19.9 Å². The number of fused-ring (bicyclic) bond motifs is 1. The van der Waals surface area contributed by atoms with E-state index in [-0.39, 0.29) is 0 Å². The van der Waals surface area contributed by atoms with Gasteiger partial charge in [-0.05, 0) is 36.2 Å². The van der Waals surface area contributed by atoms with Crippen molar-refractivity contribution in [3.05, 3.63) is 52.3 Å². The molecule has 102 valence electrons. The van der Waals surface area contributed by atoms with Crippen LogP contribution in [0.3, 0.4) is 0 Å². The average molecular weight is 331 g/mol. The lowest BCUT2D eigenvalue weighted by Gasteiger charge is -2.09. The number of aromatic nitrogens is 3. The van der Waals surface area contributed by atoms with Gasteiger partial charge in [0.05, 0.1) is 23.3 Å². The Balaban J connectivity index is 2.10. The highest BCUT2D eigenvalue weighted by Crippen LogP contribution is 2.23. The number of hydrogen-bond acceptors (Lipinski definition) is 3. The molecule has 5 heteroatoms. The van der Waals surface area contributed by atoms with Crippen molar-refractivity contribution < 1.29 is 0 Å². The summed E-state index contributed by atoms with van der Waals surface area (Å²) in [7, 11) is 0. The van der Waals surface area contributed by atoms with Gasteiger partial charge in [-0.25, -0.2) is 4.98 Å². The molecule has 0 saturated carbocycles. The number of imidazole rings is 1. The molecule has 0 radical (unpaired) electrons. The van der Waals surface area contributed by atoms with Crippen LogP contribution in [0.2, 0.25) is 0 Å². The van der Waals surface area contributed by atoms with E-state index >= 15 is 0 Å². The number of hydrogen-bond donors (Lipinski definition) is 1. The smallest absolute Gasteiger partial charge is 0.201 e. The monoisotopic (exact) mass is 330 g/mol. The fourth-order valence-electron chi connectivity index (χ4n) is 2.37. The first-order valence-corrected chi connectivity index (χ1v) is 7.32. The molecular weight excluding hydrogens is 316 g/mol. The second-order valence-corrected chi connectivity index (χ2v) is 5.57. The number of anilines is 1. The normalized spacial score (nSPS) is 11.1. The molecule has 20 heavy (non-hydrogen) atoms. The van der Waals surface area contributed by atoms with Crippen molar-refractivity contribution in [3.63, 3.8) is 0 Å². The van der Waals surface area contributed by atoms with E-state index < -0.39 is 0 Å². The van der Waals surface area contributed by atoms with Crippen molar-refractivity contribution >= 4 is 32.9 Å². The summed E-state index contributed by atoms with van der Waals surface area (Å²) in [6, 6.07) is 10.0. The standard InChI is InChI=1S/C15H15BrN4/c1-2-10-4-3-7-18-13(10)9-20-14-8-11(16)5-6-12(14)19-15(20)17/h3-8H,2,9H2,1H3,(H2,17,19). The number of rotatable bonds is 3. The maximum atomic E-state index is 6.05. The van der Waals surface area contributed by atoms with Crippen molar-refractivity contribution in [3.8, 4) is 0 Å². The van der Waals surface area contributed by atoms with Gasteiger partial charge in [0.25, 0.3) is 0 Å². The molecule has 2 N–H and O–H groups in total. The minimum absolute atomic E-state index is 0.519. The van der Waals surface area contributed by atoms with Crippen molar-refractivity contribution in [2.24, 2.45) is 0 Å². The van der Waals surface area contributed by atoms with Gasteiger partial charge in [0.15, 0.2) is 0 Å². The molecule has 1 aromatic carbocycles. The van der Waals surface area contributed by atoms with Gasteiger partial charge in [0, 0.05) is 10.7 Å². The summed E-state index contributed by atoms with van der Waals surface area (Å²) in [5, 5.41) is 0. The van der Waals surface area contributed by atoms with Gasteiger partial charge in [-0.2, -0.15) is 0 Å². The van der Waals surface area contributed by atoms with Crippen molar-refractivity contribution in [1.82, 2.24) is 14.5 Å². The topological polar surface area (TPSA) is 56.7 Å². The van der Waals surface area contributed by atoms with Crippen molar-refractivity contribution in [1.29, 1.82) is 0 Å². The van der Waals surface area contributed by atoms with Crippen LogP contribution in [0, 0.1) is 0 Å². The average Bonchev–Trinajstić information content (AvgIpc) is 2.76. The Morgan fingerprint density at radius 3 is 2.95 bits per heavy atom. The van der Waals surface area contributed by atoms with Crippen molar-refractivity contribution in [2.75, 3.05) is 5.73 Å². The molecule has 3 aromatic rings. The SMILES string of the molecule is CCc1cccnc1Cn1c(N)nc2ccc(Br)cc21. The Morgan fingerprint density at radius 2 is 2.15 bits per heavy atom. The summed E-state index contributed by atoms with van der Waals surface area (Å²) >= 11 is 3.49. The Morgan fingerprint density at radius 1 is 1.30 bits per heavy atom. The molecule has 0 aliphatic heterocycles. The Bertz CT molecular complexity index is 764. The first-order valence-electron chi connectivity index (χ1n) is 6.53. The van der Waals surface area contributed by atoms with E-state index in [1.54, 1.807) is 0 Å². The molecule has 0 fully saturated rings. The fourth-order valence-corrected chi connectivity index (χ4v) is 2.72. The molecular formula is C15H15BrN4. The zero-order valence-corrected chi connectivity index (χ0v) is 12.8. The number of halogens is 1. The molecule has 0 bridgehead atoms. The molecule has 0 aliphatic rings. The highest BCUT2D eigenvalue weighted by Gasteiger charge is 2.11. The zero-order valence-electron chi connectivity index (χ0n) is 11.2. The molecule has 0 saturated heterocycles. The van der Waals surface area contributed by atoms with Crippen LogP contribution >= 0.6 is 15.9 Å². The van der Waals surface area contributed by atoms with Gasteiger partial charge >= 0.3 is 0 Å². The first-order chi connectivity index (χ1) is 9.69. The summed E-state index contributed by atoms with van der Waals surface area (Å²) in [5.74, 6) is 0.519. The number of pyridine rings is 1. The first kappa shape index (κ1) is 13.1. The Kier molecular flexibility index (Phi) is 3.44. The Hall–Kier alpha value is -1.88. The highest BCUT2D eigenvalue weighted by atomic mass is 79.9. The Labute approximate surface area is 125 Å². The van der Waals surface area contributed by atoms with Gasteiger partial charge < -0.3 is 10.3 Å². The molecule has 0 spiro atoms. The van der Waals surface area contributed by atoms with Crippen LogP contribution in [0.25, 0.3) is 11.0 Å². The maximum absolute atomic E-state index is 6.05. The predicted octanol–water partition coefficient (Wildman–Crippen LogP) is 3.39. The third-order valence-corrected chi connectivity index (χ3v) is 3.91. The summed E-state index contributed by atoms with van der Waals surface area (Å²) in [4.78, 5) is 8.88. The number of nitrogen functional groups attached to an aromatic ring is 1. The third kappa shape index (κ3) is 2.29. The van der Waals surface area contributed by atoms with Gasteiger partial charge in [-0.3, -0.25) is 4.98 Å². The number of nitrogens with zero attached hydrogens (tertiary/aromatic N) is 3. The highest BCUT2D eigenvalue weighted by molar-refractivity contribution is 9.10. The lowest BCUT2D eigenvalue weighted by atomic mass is 10.1.